The monoisotopic (exact) mass is 264 g/mol. The number of para-hydroxylation sites is 1. The van der Waals surface area contributed by atoms with Crippen molar-refractivity contribution < 1.29 is 4.79 Å². The summed E-state index contributed by atoms with van der Waals surface area (Å²) in [7, 11) is 0. The number of nitrogens with one attached hydrogen (secondary N) is 1. The van der Waals surface area contributed by atoms with Gasteiger partial charge in [0.2, 0.25) is 0 Å². The number of nitrogen functional groups attached to an aromatic ring is 1. The molecule has 3 N–H and O–H groups in total. The molecule has 0 atom stereocenters. The first-order valence-corrected chi connectivity index (χ1v) is 6.12. The Bertz CT molecular complexity index is 785. The number of aromatic nitrogens is 2. The molecule has 0 aliphatic carbocycles. The lowest BCUT2D eigenvalue weighted by atomic mass is 10.2. The predicted octanol–water partition coefficient (Wildman–Crippen LogP) is 2.46. The zero-order valence-electron chi connectivity index (χ0n) is 10.6. The number of rotatable bonds is 2. The van der Waals surface area contributed by atoms with E-state index >= 15 is 0 Å². The molecule has 0 saturated carbocycles. The number of nitrogens with zero attached hydrogens (tertiary/aromatic N) is 2. The zero-order valence-corrected chi connectivity index (χ0v) is 10.6. The van der Waals surface area contributed by atoms with E-state index in [1.165, 1.54) is 0 Å². The van der Waals surface area contributed by atoms with Crippen LogP contribution in [0, 0.1) is 0 Å². The summed E-state index contributed by atoms with van der Waals surface area (Å²) in [5, 5.41) is 3.64. The highest BCUT2D eigenvalue weighted by Gasteiger charge is 2.10. The van der Waals surface area contributed by atoms with Crippen LogP contribution in [0.1, 0.15) is 10.5 Å². The Kier molecular flexibility index (Phi) is 3.01. The largest absolute Gasteiger partial charge is 0.396 e. The number of carbonyl (C=O) groups excluding carboxylic acids is 1. The highest BCUT2D eigenvalue weighted by Crippen LogP contribution is 2.16. The van der Waals surface area contributed by atoms with Gasteiger partial charge < -0.3 is 11.1 Å². The maximum absolute atomic E-state index is 12.1. The molecule has 3 rings (SSSR count). The van der Waals surface area contributed by atoms with Gasteiger partial charge >= 0.3 is 0 Å². The van der Waals surface area contributed by atoms with E-state index in [0.29, 0.717) is 17.2 Å². The number of hydrogen-bond acceptors (Lipinski definition) is 4. The lowest BCUT2D eigenvalue weighted by molar-refractivity contribution is 0.102. The van der Waals surface area contributed by atoms with Crippen LogP contribution in [0.25, 0.3) is 10.9 Å². The highest BCUT2D eigenvalue weighted by atomic mass is 16.1. The minimum Gasteiger partial charge on any atom is -0.396 e. The Hall–Kier alpha value is -2.95. The number of carbonyl (C=O) groups is 1. The van der Waals surface area contributed by atoms with E-state index < -0.39 is 0 Å². The molecular weight excluding hydrogens is 252 g/mol. The minimum absolute atomic E-state index is 0.328. The van der Waals surface area contributed by atoms with Gasteiger partial charge in [-0.2, -0.15) is 0 Å². The summed E-state index contributed by atoms with van der Waals surface area (Å²) < 4.78 is 0. The van der Waals surface area contributed by atoms with E-state index in [1.54, 1.807) is 24.4 Å². The van der Waals surface area contributed by atoms with Gasteiger partial charge in [0.05, 0.1) is 11.2 Å². The molecule has 20 heavy (non-hydrogen) atoms. The standard InChI is InChI=1S/C15H12N4O/c16-11-5-3-9-17-14(11)19-15(20)13-8-7-10-4-1-2-6-12(10)18-13/h1-9H,16H2,(H,17,19,20). The fourth-order valence-electron chi connectivity index (χ4n) is 1.89. The number of fused-ring (bicyclic) bond motifs is 1. The number of anilines is 2. The maximum Gasteiger partial charge on any atom is 0.275 e. The number of pyridine rings is 2. The Balaban J connectivity index is 1.91. The molecule has 5 nitrogen and oxygen atoms in total. The van der Waals surface area contributed by atoms with E-state index in [0.717, 1.165) is 10.9 Å². The molecule has 5 heteroatoms. The molecule has 3 aromatic rings. The van der Waals surface area contributed by atoms with Crippen LogP contribution in [0.3, 0.4) is 0 Å². The molecule has 0 aliphatic heterocycles. The number of amides is 1. The second-order valence-corrected chi connectivity index (χ2v) is 4.28. The first kappa shape index (κ1) is 12.1. The Labute approximate surface area is 115 Å². The smallest absolute Gasteiger partial charge is 0.275 e. The molecule has 0 unspecified atom stereocenters. The second-order valence-electron chi connectivity index (χ2n) is 4.28. The highest BCUT2D eigenvalue weighted by molar-refractivity contribution is 6.04. The second kappa shape index (κ2) is 4.97. The van der Waals surface area contributed by atoms with Crippen LogP contribution in [0.4, 0.5) is 11.5 Å². The maximum atomic E-state index is 12.1. The summed E-state index contributed by atoms with van der Waals surface area (Å²) in [6.07, 6.45) is 1.57. The molecule has 0 radical (unpaired) electrons. The van der Waals surface area contributed by atoms with Gasteiger partial charge in [-0.15, -0.1) is 0 Å². The lowest BCUT2D eigenvalue weighted by Crippen LogP contribution is -2.15. The first-order valence-electron chi connectivity index (χ1n) is 6.12. The fraction of sp³-hybridized carbons (Fsp3) is 0. The van der Waals surface area contributed by atoms with Crippen molar-refractivity contribution in [3.63, 3.8) is 0 Å². The van der Waals surface area contributed by atoms with Crippen molar-refractivity contribution in [2.24, 2.45) is 0 Å². The van der Waals surface area contributed by atoms with Crippen LogP contribution >= 0.6 is 0 Å². The van der Waals surface area contributed by atoms with Gasteiger partial charge in [0.15, 0.2) is 5.82 Å². The third-order valence-corrected chi connectivity index (χ3v) is 2.90. The van der Waals surface area contributed by atoms with Crippen molar-refractivity contribution in [2.45, 2.75) is 0 Å². The van der Waals surface area contributed by atoms with Crippen molar-refractivity contribution in [1.82, 2.24) is 9.97 Å². The lowest BCUT2D eigenvalue weighted by Gasteiger charge is -2.06. The Morgan fingerprint density at radius 2 is 1.90 bits per heavy atom. The van der Waals surface area contributed by atoms with Gasteiger partial charge in [0.1, 0.15) is 5.69 Å². The fourth-order valence-corrected chi connectivity index (χ4v) is 1.89. The Morgan fingerprint density at radius 1 is 1.05 bits per heavy atom. The molecule has 0 bridgehead atoms. The van der Waals surface area contributed by atoms with Crippen molar-refractivity contribution in [1.29, 1.82) is 0 Å². The summed E-state index contributed by atoms with van der Waals surface area (Å²) in [6.45, 7) is 0. The van der Waals surface area contributed by atoms with E-state index in [2.05, 4.69) is 15.3 Å². The van der Waals surface area contributed by atoms with Gasteiger partial charge in [0.25, 0.3) is 5.91 Å². The zero-order chi connectivity index (χ0) is 13.9. The molecule has 1 amide bonds. The predicted molar refractivity (Wildman–Crippen MR) is 78.3 cm³/mol. The van der Waals surface area contributed by atoms with Gasteiger partial charge in [0, 0.05) is 11.6 Å². The molecule has 2 aromatic heterocycles. The van der Waals surface area contributed by atoms with Crippen molar-refractivity contribution >= 4 is 28.3 Å². The number of benzene rings is 1. The third kappa shape index (κ3) is 2.29. The van der Waals surface area contributed by atoms with Gasteiger partial charge in [-0.1, -0.05) is 24.3 Å². The molecule has 0 fully saturated rings. The summed E-state index contributed by atoms with van der Waals surface area (Å²) in [5.74, 6) is 0.00797. The van der Waals surface area contributed by atoms with E-state index in [1.807, 2.05) is 30.3 Å². The third-order valence-electron chi connectivity index (χ3n) is 2.90. The molecule has 0 spiro atoms. The minimum atomic E-state index is -0.332. The first-order chi connectivity index (χ1) is 9.74. The van der Waals surface area contributed by atoms with Crippen LogP contribution in [-0.2, 0) is 0 Å². The van der Waals surface area contributed by atoms with Crippen LogP contribution in [0.2, 0.25) is 0 Å². The summed E-state index contributed by atoms with van der Waals surface area (Å²) in [4.78, 5) is 20.5. The molecule has 0 saturated heterocycles. The average molecular weight is 264 g/mol. The topological polar surface area (TPSA) is 80.9 Å². The van der Waals surface area contributed by atoms with Gasteiger partial charge in [-0.25, -0.2) is 9.97 Å². The van der Waals surface area contributed by atoms with E-state index in [-0.39, 0.29) is 5.91 Å². The van der Waals surface area contributed by atoms with Crippen LogP contribution in [-0.4, -0.2) is 15.9 Å². The van der Waals surface area contributed by atoms with E-state index in [9.17, 15) is 4.79 Å². The molecule has 0 aliphatic rings. The summed E-state index contributed by atoms with van der Waals surface area (Å²) in [5.41, 5.74) is 7.26. The quantitative estimate of drug-likeness (QED) is 0.745. The van der Waals surface area contributed by atoms with Crippen molar-refractivity contribution in [2.75, 3.05) is 11.1 Å². The van der Waals surface area contributed by atoms with Gasteiger partial charge in [-0.05, 0) is 24.3 Å². The van der Waals surface area contributed by atoms with Crippen LogP contribution < -0.4 is 11.1 Å². The molecule has 98 valence electrons. The molecule has 2 heterocycles. The normalized spacial score (nSPS) is 10.4. The summed E-state index contributed by atoms with van der Waals surface area (Å²) >= 11 is 0. The van der Waals surface area contributed by atoms with E-state index in [4.69, 9.17) is 5.73 Å². The SMILES string of the molecule is Nc1cccnc1NC(=O)c1ccc2ccccc2n1. The Morgan fingerprint density at radius 3 is 2.75 bits per heavy atom. The molecule has 1 aromatic carbocycles. The van der Waals surface area contributed by atoms with Crippen molar-refractivity contribution in [3.8, 4) is 0 Å². The number of hydrogen-bond donors (Lipinski definition) is 2. The van der Waals surface area contributed by atoms with Crippen LogP contribution in [0.5, 0.6) is 0 Å². The average Bonchev–Trinajstić information content (AvgIpc) is 2.49. The number of nitrogens with two attached hydrogens (primary N) is 1. The van der Waals surface area contributed by atoms with Gasteiger partial charge in [-0.3, -0.25) is 4.79 Å². The summed E-state index contributed by atoms with van der Waals surface area (Å²) in [6, 6.07) is 14.5. The van der Waals surface area contributed by atoms with Crippen LogP contribution in [0.15, 0.2) is 54.7 Å². The van der Waals surface area contributed by atoms with Crippen molar-refractivity contribution in [3.05, 3.63) is 60.4 Å². The molecular formula is C15H12N4O.